The summed E-state index contributed by atoms with van der Waals surface area (Å²) in [5, 5.41) is 8.49. The van der Waals surface area contributed by atoms with Gasteiger partial charge in [0, 0.05) is 37.8 Å². The highest BCUT2D eigenvalue weighted by atomic mass is 16.7. The Morgan fingerprint density at radius 2 is 2.24 bits per heavy atom. The molecule has 1 saturated carbocycles. The first-order valence-electron chi connectivity index (χ1n) is 5.83. The fourth-order valence-electron chi connectivity index (χ4n) is 1.92. The van der Waals surface area contributed by atoms with Crippen LogP contribution < -0.4 is 0 Å². The molecule has 1 aromatic rings. The summed E-state index contributed by atoms with van der Waals surface area (Å²) < 4.78 is 0. The third-order valence-electron chi connectivity index (χ3n) is 2.99. The van der Waals surface area contributed by atoms with Crippen LogP contribution in [0.3, 0.4) is 0 Å². The minimum Gasteiger partial charge on any atom is -0.303 e. The lowest BCUT2D eigenvalue weighted by molar-refractivity contribution is -0.110. The zero-order valence-electron chi connectivity index (χ0n) is 10.7. The monoisotopic (exact) mass is 239 g/mol. The average Bonchev–Trinajstić information content (AvgIpc) is 3.00. The maximum atomic E-state index is 10.5. The predicted octanol–water partition coefficient (Wildman–Crippen LogP) is 1.60. The standard InChI is InChI=1S/C9H12N2O.C3H9NO/c12-6-7-1-2-8(5-7)9-3-4-10-11-9;1-4(2)5-3/h3-4,6-8H,1-2,5H2,(H,10,11);1-3H3. The van der Waals surface area contributed by atoms with E-state index in [0.29, 0.717) is 5.92 Å². The lowest BCUT2D eigenvalue weighted by Crippen LogP contribution is -2.07. The molecule has 2 unspecified atom stereocenters. The van der Waals surface area contributed by atoms with Crippen LogP contribution in [0.2, 0.25) is 0 Å². The average molecular weight is 239 g/mol. The maximum absolute atomic E-state index is 10.5. The third kappa shape index (κ3) is 4.66. The van der Waals surface area contributed by atoms with Gasteiger partial charge in [0.2, 0.25) is 0 Å². The second-order valence-electron chi connectivity index (χ2n) is 4.41. The molecule has 0 amide bonds. The van der Waals surface area contributed by atoms with Gasteiger partial charge in [-0.05, 0) is 25.3 Å². The van der Waals surface area contributed by atoms with E-state index < -0.39 is 0 Å². The fourth-order valence-corrected chi connectivity index (χ4v) is 1.92. The molecule has 2 rings (SSSR count). The Balaban J connectivity index is 0.000000249. The first-order valence-corrected chi connectivity index (χ1v) is 5.83. The highest BCUT2D eigenvalue weighted by molar-refractivity contribution is 5.54. The van der Waals surface area contributed by atoms with E-state index >= 15 is 0 Å². The number of aromatic amines is 1. The van der Waals surface area contributed by atoms with Crippen molar-refractivity contribution in [1.82, 2.24) is 15.3 Å². The van der Waals surface area contributed by atoms with Crippen molar-refractivity contribution in [1.29, 1.82) is 0 Å². The summed E-state index contributed by atoms with van der Waals surface area (Å²) in [6.45, 7) is 0. The molecule has 17 heavy (non-hydrogen) atoms. The molecule has 0 spiro atoms. The van der Waals surface area contributed by atoms with Crippen molar-refractivity contribution in [3.8, 4) is 0 Å². The van der Waals surface area contributed by atoms with Gasteiger partial charge in [0.1, 0.15) is 6.29 Å². The van der Waals surface area contributed by atoms with Crippen LogP contribution >= 0.6 is 0 Å². The lowest BCUT2D eigenvalue weighted by atomic mass is 10.0. The molecule has 96 valence electrons. The van der Waals surface area contributed by atoms with Crippen molar-refractivity contribution in [2.24, 2.45) is 5.92 Å². The fraction of sp³-hybridized carbons (Fsp3) is 0.667. The molecular formula is C12H21N3O2. The largest absolute Gasteiger partial charge is 0.303 e. The Morgan fingerprint density at radius 1 is 1.53 bits per heavy atom. The normalized spacial score (nSPS) is 23.3. The van der Waals surface area contributed by atoms with E-state index in [2.05, 4.69) is 15.0 Å². The maximum Gasteiger partial charge on any atom is 0.123 e. The molecule has 1 fully saturated rings. The molecule has 1 N–H and O–H groups in total. The van der Waals surface area contributed by atoms with Crippen LogP contribution in [0.1, 0.15) is 30.9 Å². The molecule has 5 heteroatoms. The van der Waals surface area contributed by atoms with Crippen molar-refractivity contribution in [3.05, 3.63) is 18.0 Å². The van der Waals surface area contributed by atoms with Gasteiger partial charge in [-0.2, -0.15) is 10.2 Å². The smallest absolute Gasteiger partial charge is 0.123 e. The molecule has 2 atom stereocenters. The molecule has 0 aromatic carbocycles. The van der Waals surface area contributed by atoms with E-state index in [4.69, 9.17) is 0 Å². The molecule has 0 saturated heterocycles. The molecule has 1 aromatic heterocycles. The van der Waals surface area contributed by atoms with Crippen molar-refractivity contribution < 1.29 is 9.63 Å². The highest BCUT2D eigenvalue weighted by Gasteiger charge is 2.25. The summed E-state index contributed by atoms with van der Waals surface area (Å²) in [6.07, 6.45) is 5.99. The lowest BCUT2D eigenvalue weighted by Gasteiger charge is -2.04. The zero-order chi connectivity index (χ0) is 12.7. The second-order valence-corrected chi connectivity index (χ2v) is 4.41. The minimum atomic E-state index is 0.276. The number of nitrogens with zero attached hydrogens (tertiary/aromatic N) is 2. The van der Waals surface area contributed by atoms with Gasteiger partial charge in [-0.25, -0.2) is 0 Å². The van der Waals surface area contributed by atoms with Crippen LogP contribution in [0, 0.1) is 5.92 Å². The minimum absolute atomic E-state index is 0.276. The molecule has 1 heterocycles. The number of carbonyl (C=O) groups excluding carboxylic acids is 1. The van der Waals surface area contributed by atoms with Gasteiger partial charge in [-0.1, -0.05) is 0 Å². The molecule has 1 aliphatic carbocycles. The number of nitrogens with one attached hydrogen (secondary N) is 1. The molecular weight excluding hydrogens is 218 g/mol. The van der Waals surface area contributed by atoms with Crippen molar-refractivity contribution >= 4 is 6.29 Å². The van der Waals surface area contributed by atoms with Gasteiger partial charge in [0.25, 0.3) is 0 Å². The van der Waals surface area contributed by atoms with Crippen LogP contribution in [-0.4, -0.2) is 42.8 Å². The number of aromatic nitrogens is 2. The van der Waals surface area contributed by atoms with Crippen LogP contribution in [0.25, 0.3) is 0 Å². The van der Waals surface area contributed by atoms with E-state index in [0.717, 1.165) is 25.5 Å². The first-order chi connectivity index (χ1) is 8.17. The number of rotatable bonds is 3. The number of carbonyl (C=O) groups is 1. The number of H-pyrrole nitrogens is 1. The summed E-state index contributed by atoms with van der Waals surface area (Å²) in [6, 6.07) is 2.00. The van der Waals surface area contributed by atoms with Gasteiger partial charge in [0.05, 0.1) is 7.11 Å². The number of aldehydes is 1. The Hall–Kier alpha value is -1.20. The summed E-state index contributed by atoms with van der Waals surface area (Å²) in [5.41, 5.74) is 1.18. The predicted molar refractivity (Wildman–Crippen MR) is 65.4 cm³/mol. The topological polar surface area (TPSA) is 58.2 Å². The van der Waals surface area contributed by atoms with E-state index in [1.165, 1.54) is 5.69 Å². The van der Waals surface area contributed by atoms with Crippen LogP contribution in [0.4, 0.5) is 0 Å². The molecule has 1 aliphatic rings. The number of hydrogen-bond acceptors (Lipinski definition) is 4. The van der Waals surface area contributed by atoms with Crippen LogP contribution in [-0.2, 0) is 9.63 Å². The van der Waals surface area contributed by atoms with Gasteiger partial charge in [-0.3, -0.25) is 5.10 Å². The summed E-state index contributed by atoms with van der Waals surface area (Å²) in [5.74, 6) is 0.806. The Kier molecular flexibility index (Phi) is 5.86. The van der Waals surface area contributed by atoms with Gasteiger partial charge >= 0.3 is 0 Å². The zero-order valence-corrected chi connectivity index (χ0v) is 10.7. The number of hydrogen-bond donors (Lipinski definition) is 1. The van der Waals surface area contributed by atoms with Crippen molar-refractivity contribution in [2.45, 2.75) is 25.2 Å². The van der Waals surface area contributed by atoms with E-state index in [9.17, 15) is 4.79 Å². The van der Waals surface area contributed by atoms with E-state index in [1.54, 1.807) is 18.4 Å². The summed E-state index contributed by atoms with van der Waals surface area (Å²) in [7, 11) is 5.29. The van der Waals surface area contributed by atoms with Crippen LogP contribution in [0.5, 0.6) is 0 Å². The molecule has 0 bridgehead atoms. The Morgan fingerprint density at radius 3 is 2.65 bits per heavy atom. The van der Waals surface area contributed by atoms with E-state index in [-0.39, 0.29) is 5.92 Å². The quantitative estimate of drug-likeness (QED) is 0.643. The molecule has 0 aliphatic heterocycles. The Labute approximate surface area is 102 Å². The van der Waals surface area contributed by atoms with E-state index in [1.807, 2.05) is 20.2 Å². The highest BCUT2D eigenvalue weighted by Crippen LogP contribution is 2.35. The third-order valence-corrected chi connectivity index (χ3v) is 2.99. The van der Waals surface area contributed by atoms with Gasteiger partial charge < -0.3 is 9.63 Å². The first kappa shape index (κ1) is 13.9. The van der Waals surface area contributed by atoms with Crippen molar-refractivity contribution in [2.75, 3.05) is 21.2 Å². The SMILES string of the molecule is CON(C)C.O=CC1CCC(c2ccn[nH]2)C1. The molecule has 5 nitrogen and oxygen atoms in total. The Bertz CT molecular complexity index is 312. The molecule has 0 radical (unpaired) electrons. The number of hydroxylamine groups is 2. The van der Waals surface area contributed by atoms with Crippen LogP contribution in [0.15, 0.2) is 12.3 Å². The second kappa shape index (κ2) is 7.19. The summed E-state index contributed by atoms with van der Waals surface area (Å²) >= 11 is 0. The van der Waals surface area contributed by atoms with Crippen molar-refractivity contribution in [3.63, 3.8) is 0 Å². The van der Waals surface area contributed by atoms with Gasteiger partial charge in [-0.15, -0.1) is 0 Å². The van der Waals surface area contributed by atoms with Gasteiger partial charge in [0.15, 0.2) is 0 Å². The summed E-state index contributed by atoms with van der Waals surface area (Å²) in [4.78, 5) is 15.1.